The highest BCUT2D eigenvalue weighted by Gasteiger charge is 2.28. The molecule has 3 aliphatic heterocycles. The van der Waals surface area contributed by atoms with Crippen molar-refractivity contribution in [1.29, 1.82) is 0 Å². The van der Waals surface area contributed by atoms with E-state index in [1.165, 1.54) is 12.1 Å². The van der Waals surface area contributed by atoms with Gasteiger partial charge in [0.1, 0.15) is 29.1 Å². The molecule has 1 N–H and O–H groups in total. The van der Waals surface area contributed by atoms with Gasteiger partial charge in [-0.05, 0) is 31.2 Å². The monoisotopic (exact) mass is 381 g/mol. The molecule has 0 unspecified atom stereocenters. The molecule has 28 heavy (non-hydrogen) atoms. The zero-order valence-electron chi connectivity index (χ0n) is 15.4. The molecule has 1 atom stereocenters. The maximum absolute atomic E-state index is 13.9. The lowest BCUT2D eigenvalue weighted by Gasteiger charge is -2.33. The van der Waals surface area contributed by atoms with Gasteiger partial charge in [-0.3, -0.25) is 4.79 Å². The molecule has 8 heteroatoms. The fourth-order valence-electron chi connectivity index (χ4n) is 3.89. The van der Waals surface area contributed by atoms with E-state index in [0.717, 1.165) is 18.4 Å². The largest absolute Gasteiger partial charge is 0.490 e. The highest BCUT2D eigenvalue weighted by atomic mass is 19.1. The predicted octanol–water partition coefficient (Wildman–Crippen LogP) is 3.04. The second-order valence-corrected chi connectivity index (χ2v) is 7.30. The Labute approximate surface area is 161 Å². The summed E-state index contributed by atoms with van der Waals surface area (Å²) in [6.07, 6.45) is 4.77. The quantitative estimate of drug-likeness (QED) is 0.648. The third-order valence-corrected chi connectivity index (χ3v) is 5.43. The Balaban J connectivity index is 1.64. The third-order valence-electron chi connectivity index (χ3n) is 5.43. The zero-order valence-corrected chi connectivity index (χ0v) is 15.4. The summed E-state index contributed by atoms with van der Waals surface area (Å²) in [5, 5.41) is 7.54. The smallest absolute Gasteiger partial charge is 0.259 e. The van der Waals surface area contributed by atoms with Crippen molar-refractivity contribution in [3.63, 3.8) is 0 Å². The summed E-state index contributed by atoms with van der Waals surface area (Å²) in [4.78, 5) is 19.4. The van der Waals surface area contributed by atoms with Gasteiger partial charge in [0.25, 0.3) is 5.91 Å². The number of piperidine rings is 1. The average Bonchev–Trinajstić information content (AvgIpc) is 3.12. The van der Waals surface area contributed by atoms with Crippen LogP contribution in [0.25, 0.3) is 5.65 Å². The van der Waals surface area contributed by atoms with Gasteiger partial charge in [-0.2, -0.15) is 5.10 Å². The number of rotatable bonds is 0. The van der Waals surface area contributed by atoms with Crippen LogP contribution >= 0.6 is 0 Å². The summed E-state index contributed by atoms with van der Waals surface area (Å²) in [6, 6.07) is 6.14. The molecule has 3 aromatic rings. The van der Waals surface area contributed by atoms with Crippen molar-refractivity contribution in [3.8, 4) is 5.75 Å². The lowest BCUT2D eigenvalue weighted by atomic mass is 10.0. The number of fused-ring (bicyclic) bond motifs is 3. The molecule has 0 radical (unpaired) electrons. The number of nitrogens with zero attached hydrogens (tertiary/aromatic N) is 4. The molecule has 1 aromatic carbocycles. The number of ether oxygens (including phenoxy) is 1. The number of halogens is 1. The Hall–Kier alpha value is -3.16. The third kappa shape index (κ3) is 2.85. The Morgan fingerprint density at radius 2 is 2.07 bits per heavy atom. The van der Waals surface area contributed by atoms with E-state index in [1.54, 1.807) is 29.0 Å². The number of carbonyl (C=O) groups excluding carboxylic acids is 1. The molecular formula is C20H20FN5O2. The first kappa shape index (κ1) is 17.0. The van der Waals surface area contributed by atoms with Crippen molar-refractivity contribution in [3.05, 3.63) is 53.6 Å². The van der Waals surface area contributed by atoms with Gasteiger partial charge >= 0.3 is 0 Å². The lowest BCUT2D eigenvalue weighted by molar-refractivity contribution is 0.0595. The molecule has 2 aromatic heterocycles. The first-order valence-electron chi connectivity index (χ1n) is 9.45. The van der Waals surface area contributed by atoms with E-state index in [-0.39, 0.29) is 23.9 Å². The van der Waals surface area contributed by atoms with E-state index in [0.29, 0.717) is 35.9 Å². The minimum Gasteiger partial charge on any atom is -0.490 e. The second kappa shape index (κ2) is 6.47. The van der Waals surface area contributed by atoms with Gasteiger partial charge in [-0.15, -0.1) is 0 Å². The van der Waals surface area contributed by atoms with Crippen molar-refractivity contribution >= 4 is 17.4 Å². The van der Waals surface area contributed by atoms with E-state index >= 15 is 0 Å². The molecule has 3 aliphatic rings. The highest BCUT2D eigenvalue weighted by Crippen LogP contribution is 2.31. The van der Waals surface area contributed by atoms with Crippen molar-refractivity contribution < 1.29 is 13.9 Å². The van der Waals surface area contributed by atoms with Gasteiger partial charge in [0.2, 0.25) is 0 Å². The van der Waals surface area contributed by atoms with Crippen LogP contribution in [0.15, 0.2) is 36.7 Å². The number of aromatic nitrogens is 3. The molecule has 0 spiro atoms. The van der Waals surface area contributed by atoms with Crippen LogP contribution in [0.3, 0.4) is 0 Å². The molecule has 6 rings (SSSR count). The summed E-state index contributed by atoms with van der Waals surface area (Å²) in [7, 11) is 0. The molecule has 5 heterocycles. The SMILES string of the molecule is C[C@H]1Nc2ccn3ncc(c3n2)C(=O)N2CCC(CC2)Oc2ccc(F)cc21. The molecular weight excluding hydrogens is 361 g/mol. The Bertz CT molecular complexity index is 1060. The molecule has 0 saturated carbocycles. The van der Waals surface area contributed by atoms with Crippen LogP contribution in [0.5, 0.6) is 5.75 Å². The van der Waals surface area contributed by atoms with Crippen LogP contribution in [0.2, 0.25) is 0 Å². The van der Waals surface area contributed by atoms with Crippen molar-refractivity contribution in [2.24, 2.45) is 0 Å². The Morgan fingerprint density at radius 3 is 2.89 bits per heavy atom. The molecule has 144 valence electrons. The first-order chi connectivity index (χ1) is 13.6. The lowest BCUT2D eigenvalue weighted by Crippen LogP contribution is -2.42. The molecule has 0 aliphatic carbocycles. The van der Waals surface area contributed by atoms with E-state index < -0.39 is 0 Å². The molecule has 1 saturated heterocycles. The summed E-state index contributed by atoms with van der Waals surface area (Å²) in [6.45, 7) is 3.14. The number of benzene rings is 1. The predicted molar refractivity (Wildman–Crippen MR) is 101 cm³/mol. The first-order valence-corrected chi connectivity index (χ1v) is 9.45. The van der Waals surface area contributed by atoms with E-state index in [1.807, 2.05) is 11.8 Å². The number of nitrogens with one attached hydrogen (secondary N) is 1. The fraction of sp³-hybridized carbons (Fsp3) is 0.350. The van der Waals surface area contributed by atoms with E-state index in [2.05, 4.69) is 15.4 Å². The minimum atomic E-state index is -0.306. The highest BCUT2D eigenvalue weighted by molar-refractivity contribution is 5.99. The second-order valence-electron chi connectivity index (χ2n) is 7.30. The Kier molecular flexibility index (Phi) is 3.92. The van der Waals surface area contributed by atoms with Crippen LogP contribution in [0, 0.1) is 5.82 Å². The number of hydrogen-bond acceptors (Lipinski definition) is 5. The van der Waals surface area contributed by atoms with Crippen molar-refractivity contribution in [1.82, 2.24) is 19.5 Å². The number of hydrogen-bond donors (Lipinski definition) is 1. The Morgan fingerprint density at radius 1 is 1.25 bits per heavy atom. The summed E-state index contributed by atoms with van der Waals surface area (Å²) in [5.41, 5.74) is 1.74. The van der Waals surface area contributed by atoms with Gasteiger partial charge in [-0.1, -0.05) is 0 Å². The summed E-state index contributed by atoms with van der Waals surface area (Å²) < 4.78 is 21.7. The maximum Gasteiger partial charge on any atom is 0.259 e. The number of carbonyl (C=O) groups is 1. The van der Waals surface area contributed by atoms with Crippen LogP contribution in [0.1, 0.15) is 41.7 Å². The molecule has 7 nitrogen and oxygen atoms in total. The molecule has 1 amide bonds. The zero-order chi connectivity index (χ0) is 19.3. The van der Waals surface area contributed by atoms with Gasteiger partial charge in [0.15, 0.2) is 5.65 Å². The van der Waals surface area contributed by atoms with Gasteiger partial charge in [0.05, 0.1) is 12.2 Å². The molecule has 4 bridgehead atoms. The number of amides is 1. The fourth-order valence-corrected chi connectivity index (χ4v) is 3.89. The van der Waals surface area contributed by atoms with Gasteiger partial charge < -0.3 is 15.0 Å². The van der Waals surface area contributed by atoms with E-state index in [9.17, 15) is 9.18 Å². The van der Waals surface area contributed by atoms with Crippen molar-refractivity contribution in [2.75, 3.05) is 18.4 Å². The number of anilines is 1. The van der Waals surface area contributed by atoms with Crippen molar-refractivity contribution in [2.45, 2.75) is 31.9 Å². The van der Waals surface area contributed by atoms with Crippen LogP contribution in [-0.4, -0.2) is 44.6 Å². The molecule has 1 fully saturated rings. The average molecular weight is 381 g/mol. The van der Waals surface area contributed by atoms with Crippen LogP contribution < -0.4 is 10.1 Å². The summed E-state index contributed by atoms with van der Waals surface area (Å²) in [5.74, 6) is 0.876. The minimum absolute atomic E-state index is 0.00784. The summed E-state index contributed by atoms with van der Waals surface area (Å²) >= 11 is 0. The van der Waals surface area contributed by atoms with E-state index in [4.69, 9.17) is 4.74 Å². The van der Waals surface area contributed by atoms with Gasteiger partial charge in [0, 0.05) is 37.7 Å². The van der Waals surface area contributed by atoms with Crippen LogP contribution in [-0.2, 0) is 0 Å². The standard InChI is InChI=1S/C20H20FN5O2/c1-12-15-10-13(21)2-3-17(15)28-14-4-7-25(8-5-14)20(27)16-11-22-26-9-6-18(23-12)24-19(16)26/h2-3,6,9-12,14H,4-5,7-8H2,1H3,(H,23,24)/t12-/m1/s1. The van der Waals surface area contributed by atoms with Crippen LogP contribution in [0.4, 0.5) is 10.2 Å². The normalized spacial score (nSPS) is 21.9. The maximum atomic E-state index is 13.9. The topological polar surface area (TPSA) is 71.8 Å². The van der Waals surface area contributed by atoms with Gasteiger partial charge in [-0.25, -0.2) is 13.9 Å².